The molecular weight excluding hydrogens is 424 g/mol. The Hall–Kier alpha value is -1.74. The minimum atomic E-state index is -2.11. The van der Waals surface area contributed by atoms with Crippen LogP contribution >= 0.6 is 0 Å². The highest BCUT2D eigenvalue weighted by Crippen LogP contribution is 2.40. The topological polar surface area (TPSA) is 93.8 Å². The van der Waals surface area contributed by atoms with E-state index < -0.39 is 38.0 Å². The van der Waals surface area contributed by atoms with Crippen LogP contribution in [0.3, 0.4) is 0 Å². The van der Waals surface area contributed by atoms with Gasteiger partial charge in [0.15, 0.2) is 8.32 Å². The van der Waals surface area contributed by atoms with Gasteiger partial charge in [0.2, 0.25) is 0 Å². The average Bonchev–Trinajstić information content (AvgIpc) is 3.25. The summed E-state index contributed by atoms with van der Waals surface area (Å²) in [6.45, 7) is 14.9. The van der Waals surface area contributed by atoms with Gasteiger partial charge in [0.25, 0.3) is 0 Å². The van der Waals surface area contributed by atoms with Crippen molar-refractivity contribution < 1.29 is 24.2 Å². The molecular formula is C24H38N2O5Si. The molecule has 1 aromatic heterocycles. The largest absolute Gasteiger partial charge is 0.457 e. The number of imidazole rings is 1. The first-order chi connectivity index (χ1) is 14.7. The molecule has 0 unspecified atom stereocenters. The van der Waals surface area contributed by atoms with E-state index in [1.165, 1.54) is 0 Å². The lowest BCUT2D eigenvalue weighted by atomic mass is 9.79. The Morgan fingerprint density at radius 1 is 1.38 bits per heavy atom. The number of rotatable bonds is 4. The van der Waals surface area contributed by atoms with Gasteiger partial charge in [-0.05, 0) is 43.6 Å². The van der Waals surface area contributed by atoms with Crippen LogP contribution in [0.1, 0.15) is 41.0 Å². The normalized spacial score (nSPS) is 36.7. The average molecular weight is 463 g/mol. The van der Waals surface area contributed by atoms with Crippen molar-refractivity contribution in [3.8, 4) is 0 Å². The summed E-state index contributed by atoms with van der Waals surface area (Å²) in [6.07, 6.45) is 8.86. The molecule has 8 heteroatoms. The first-order valence-electron chi connectivity index (χ1n) is 11.3. The SMILES string of the molecule is C/C1=C/[C@H]2OC(=O)[C@@H](Cn3ccnc3)[C@@H]2[C@H](O)C[C@@](C)(O)/C=C/[C@@H]1O[Si](C)(C)C(C)(C)C. The van der Waals surface area contributed by atoms with Gasteiger partial charge in [-0.1, -0.05) is 32.9 Å². The molecule has 32 heavy (non-hydrogen) atoms. The number of carbonyl (C=O) groups excluding carboxylic acids is 1. The predicted octanol–water partition coefficient (Wildman–Crippen LogP) is 3.45. The fourth-order valence-corrected chi connectivity index (χ4v) is 5.44. The van der Waals surface area contributed by atoms with Gasteiger partial charge in [-0.15, -0.1) is 0 Å². The van der Waals surface area contributed by atoms with Gasteiger partial charge < -0.3 is 23.9 Å². The van der Waals surface area contributed by atoms with Crippen molar-refractivity contribution in [3.63, 3.8) is 0 Å². The Labute approximate surface area is 192 Å². The molecule has 2 heterocycles. The molecule has 3 rings (SSSR count). The van der Waals surface area contributed by atoms with Gasteiger partial charge in [0.1, 0.15) is 6.10 Å². The molecule has 1 aliphatic carbocycles. The number of aliphatic hydroxyl groups is 2. The van der Waals surface area contributed by atoms with Crippen molar-refractivity contribution in [2.24, 2.45) is 11.8 Å². The van der Waals surface area contributed by atoms with Crippen molar-refractivity contribution in [1.29, 1.82) is 0 Å². The second-order valence-corrected chi connectivity index (χ2v) is 15.8. The van der Waals surface area contributed by atoms with E-state index in [2.05, 4.69) is 38.8 Å². The van der Waals surface area contributed by atoms with E-state index >= 15 is 0 Å². The van der Waals surface area contributed by atoms with Crippen molar-refractivity contribution in [2.45, 2.75) is 89.6 Å². The number of hydrogen-bond acceptors (Lipinski definition) is 6. The lowest BCUT2D eigenvalue weighted by Gasteiger charge is -2.39. The number of nitrogens with zero attached hydrogens (tertiary/aromatic N) is 2. The molecule has 2 aliphatic rings. The summed E-state index contributed by atoms with van der Waals surface area (Å²) < 4.78 is 14.2. The molecule has 178 valence electrons. The van der Waals surface area contributed by atoms with Crippen LogP contribution in [0.5, 0.6) is 0 Å². The van der Waals surface area contributed by atoms with Crippen LogP contribution in [-0.2, 0) is 20.5 Å². The van der Waals surface area contributed by atoms with Crippen LogP contribution in [-0.4, -0.2) is 58.0 Å². The first kappa shape index (κ1) is 24.9. The van der Waals surface area contributed by atoms with Gasteiger partial charge in [0, 0.05) is 31.3 Å². The van der Waals surface area contributed by atoms with E-state index in [9.17, 15) is 15.0 Å². The Kier molecular flexibility index (Phi) is 6.92. The number of ether oxygens (including phenoxy) is 1. The maximum absolute atomic E-state index is 12.8. The van der Waals surface area contributed by atoms with Crippen molar-refractivity contribution in [1.82, 2.24) is 9.55 Å². The zero-order valence-electron chi connectivity index (χ0n) is 20.3. The van der Waals surface area contributed by atoms with Gasteiger partial charge in [0.05, 0.1) is 30.1 Å². The maximum Gasteiger partial charge on any atom is 0.311 e. The molecule has 1 aliphatic heterocycles. The van der Waals surface area contributed by atoms with E-state index in [-0.39, 0.29) is 23.5 Å². The van der Waals surface area contributed by atoms with E-state index in [0.29, 0.717) is 6.54 Å². The van der Waals surface area contributed by atoms with Gasteiger partial charge in [-0.2, -0.15) is 0 Å². The maximum atomic E-state index is 12.8. The van der Waals surface area contributed by atoms with E-state index in [1.807, 2.05) is 23.6 Å². The third kappa shape index (κ3) is 5.42. The van der Waals surface area contributed by atoms with Gasteiger partial charge in [-0.25, -0.2) is 4.98 Å². The minimum Gasteiger partial charge on any atom is -0.457 e. The zero-order valence-corrected chi connectivity index (χ0v) is 21.3. The van der Waals surface area contributed by atoms with Crippen molar-refractivity contribution in [2.75, 3.05) is 0 Å². The van der Waals surface area contributed by atoms with E-state index in [4.69, 9.17) is 9.16 Å². The van der Waals surface area contributed by atoms with Gasteiger partial charge in [-0.3, -0.25) is 4.79 Å². The molecule has 2 N–H and O–H groups in total. The quantitative estimate of drug-likeness (QED) is 0.404. The molecule has 7 nitrogen and oxygen atoms in total. The molecule has 0 aromatic carbocycles. The molecule has 0 bridgehead atoms. The summed E-state index contributed by atoms with van der Waals surface area (Å²) >= 11 is 0. The highest BCUT2D eigenvalue weighted by Gasteiger charge is 2.49. The third-order valence-corrected chi connectivity index (χ3v) is 11.6. The van der Waals surface area contributed by atoms with Crippen molar-refractivity contribution >= 4 is 14.3 Å². The van der Waals surface area contributed by atoms with Crippen LogP contribution in [0.4, 0.5) is 0 Å². The lowest BCUT2D eigenvalue weighted by molar-refractivity contribution is -0.143. The second-order valence-electron chi connectivity index (χ2n) is 11.0. The third-order valence-electron chi connectivity index (χ3n) is 7.17. The fourth-order valence-electron chi connectivity index (χ4n) is 4.19. The highest BCUT2D eigenvalue weighted by molar-refractivity contribution is 6.74. The number of hydrogen-bond donors (Lipinski definition) is 2. The molecule has 1 fully saturated rings. The monoisotopic (exact) mass is 462 g/mol. The summed E-state index contributed by atoms with van der Waals surface area (Å²) in [5, 5.41) is 22.1. The Morgan fingerprint density at radius 3 is 2.66 bits per heavy atom. The molecule has 1 saturated heterocycles. The lowest BCUT2D eigenvalue weighted by Crippen LogP contribution is -2.44. The Bertz CT molecular complexity index is 869. The number of carbonyl (C=O) groups is 1. The summed E-state index contributed by atoms with van der Waals surface area (Å²) in [5.41, 5.74) is -0.344. The first-order valence-corrected chi connectivity index (χ1v) is 14.2. The predicted molar refractivity (Wildman–Crippen MR) is 125 cm³/mol. The van der Waals surface area contributed by atoms with Crippen LogP contribution in [0.15, 0.2) is 42.5 Å². The van der Waals surface area contributed by atoms with Crippen LogP contribution < -0.4 is 0 Å². The molecule has 0 radical (unpaired) electrons. The number of aromatic nitrogens is 2. The zero-order chi connectivity index (χ0) is 23.9. The Balaban J connectivity index is 1.97. The summed E-state index contributed by atoms with van der Waals surface area (Å²) in [7, 11) is -2.11. The number of fused-ring (bicyclic) bond motifs is 1. The van der Waals surface area contributed by atoms with E-state index in [1.54, 1.807) is 31.7 Å². The van der Waals surface area contributed by atoms with Gasteiger partial charge >= 0.3 is 5.97 Å². The Morgan fingerprint density at radius 2 is 2.06 bits per heavy atom. The second kappa shape index (κ2) is 8.89. The molecule has 0 amide bonds. The van der Waals surface area contributed by atoms with Crippen LogP contribution in [0.25, 0.3) is 0 Å². The summed E-state index contributed by atoms with van der Waals surface area (Å²) in [4.78, 5) is 16.9. The molecule has 6 atom stereocenters. The number of aliphatic hydroxyl groups excluding tert-OH is 1. The number of esters is 1. The summed E-state index contributed by atoms with van der Waals surface area (Å²) in [6, 6.07) is 0. The van der Waals surface area contributed by atoms with Crippen molar-refractivity contribution in [3.05, 3.63) is 42.5 Å². The smallest absolute Gasteiger partial charge is 0.311 e. The summed E-state index contributed by atoms with van der Waals surface area (Å²) in [5.74, 6) is -1.36. The van der Waals surface area contributed by atoms with E-state index in [0.717, 1.165) is 5.57 Å². The molecule has 1 aromatic rings. The molecule has 0 saturated carbocycles. The standard InChI is InChI=1S/C24H38N2O5Si/c1-16-12-20-21(17(22(28)30-20)14-26-11-10-25-15-26)18(27)13-24(5,29)9-8-19(16)31-32(6,7)23(2,3)4/h8-12,15,17-21,27,29H,13-14H2,1-7H3/b9-8+,16-12-/t17-,18+,19-,20+,21+,24-/m0/s1. The van der Waals surface area contributed by atoms with Crippen LogP contribution in [0.2, 0.25) is 18.1 Å². The minimum absolute atomic E-state index is 0.0212. The highest BCUT2D eigenvalue weighted by atomic mass is 28.4. The molecule has 0 spiro atoms. The fraction of sp³-hybridized carbons (Fsp3) is 0.667. The van der Waals surface area contributed by atoms with Crippen LogP contribution in [0, 0.1) is 11.8 Å².